The number of likely N-dealkylation sites (tertiary alicyclic amines) is 1. The van der Waals surface area contributed by atoms with Crippen molar-refractivity contribution in [2.24, 2.45) is 11.3 Å². The summed E-state index contributed by atoms with van der Waals surface area (Å²) in [6.07, 6.45) is 8.39. The number of nitrogens with zero attached hydrogens (tertiary/aromatic N) is 1. The van der Waals surface area contributed by atoms with Crippen molar-refractivity contribution in [1.29, 1.82) is 0 Å². The van der Waals surface area contributed by atoms with E-state index in [-0.39, 0.29) is 16.7 Å². The van der Waals surface area contributed by atoms with Gasteiger partial charge in [-0.25, -0.2) is 0 Å². The van der Waals surface area contributed by atoms with Crippen LogP contribution in [0.1, 0.15) is 50.5 Å². The molecule has 2 saturated carbocycles. The van der Waals surface area contributed by atoms with E-state index >= 15 is 0 Å². The molecule has 1 spiro atoms. The fraction of sp³-hybridized carbons (Fsp3) is 0.696. The third-order valence-electron chi connectivity index (χ3n) is 7.47. The fourth-order valence-electron chi connectivity index (χ4n) is 5.72. The number of hydrogen-bond acceptors (Lipinski definition) is 3. The molecule has 1 atom stereocenters. The number of piperidine rings is 1. The molecule has 27 heavy (non-hydrogen) atoms. The van der Waals surface area contributed by atoms with E-state index in [0.717, 1.165) is 39.2 Å². The van der Waals surface area contributed by atoms with Gasteiger partial charge < -0.3 is 15.0 Å². The molecule has 0 bridgehead atoms. The van der Waals surface area contributed by atoms with E-state index in [9.17, 15) is 4.79 Å². The number of amides is 1. The van der Waals surface area contributed by atoms with Gasteiger partial charge in [0.25, 0.3) is 0 Å². The monoisotopic (exact) mass is 370 g/mol. The number of ether oxygens (including phenoxy) is 1. The summed E-state index contributed by atoms with van der Waals surface area (Å²) in [6.45, 7) is 4.91. The Labute approximate surface area is 163 Å². The lowest BCUT2D eigenvalue weighted by molar-refractivity contribution is -0.124. The Hall–Kier alpha value is -1.39. The van der Waals surface area contributed by atoms with Crippen LogP contribution < -0.4 is 5.32 Å². The van der Waals surface area contributed by atoms with E-state index in [4.69, 9.17) is 4.74 Å². The zero-order valence-electron chi connectivity index (χ0n) is 16.7. The zero-order chi connectivity index (χ0) is 18.7. The van der Waals surface area contributed by atoms with Crippen molar-refractivity contribution in [3.05, 3.63) is 35.9 Å². The van der Waals surface area contributed by atoms with E-state index < -0.39 is 0 Å². The lowest BCUT2D eigenvalue weighted by atomic mass is 9.83. The number of rotatable bonds is 7. The van der Waals surface area contributed by atoms with Crippen LogP contribution in [0.15, 0.2) is 30.3 Å². The second-order valence-corrected chi connectivity index (χ2v) is 8.92. The largest absolute Gasteiger partial charge is 0.383 e. The second-order valence-electron chi connectivity index (χ2n) is 8.92. The molecule has 4 rings (SSSR count). The van der Waals surface area contributed by atoms with E-state index in [2.05, 4.69) is 40.5 Å². The van der Waals surface area contributed by atoms with E-state index in [0.29, 0.717) is 5.92 Å². The van der Waals surface area contributed by atoms with Gasteiger partial charge in [-0.15, -0.1) is 0 Å². The quantitative estimate of drug-likeness (QED) is 0.800. The van der Waals surface area contributed by atoms with Gasteiger partial charge in [0, 0.05) is 20.2 Å². The third-order valence-corrected chi connectivity index (χ3v) is 7.47. The van der Waals surface area contributed by atoms with Crippen LogP contribution in [0.3, 0.4) is 0 Å². The van der Waals surface area contributed by atoms with Crippen LogP contribution >= 0.6 is 0 Å². The number of benzene rings is 1. The van der Waals surface area contributed by atoms with Crippen molar-refractivity contribution >= 4 is 5.91 Å². The smallest absolute Gasteiger partial charge is 0.231 e. The SMILES string of the molecule is COCCN1CCC(CNC(=O)C2(c3ccccc3)CC23CCCC3)CC1. The summed E-state index contributed by atoms with van der Waals surface area (Å²) in [4.78, 5) is 15.9. The third kappa shape index (κ3) is 3.54. The molecule has 3 fully saturated rings. The van der Waals surface area contributed by atoms with Crippen molar-refractivity contribution in [2.75, 3.05) is 39.9 Å². The van der Waals surface area contributed by atoms with Crippen LogP contribution in [0, 0.1) is 11.3 Å². The second kappa shape index (κ2) is 7.92. The molecule has 1 unspecified atom stereocenters. The minimum absolute atomic E-state index is 0.238. The van der Waals surface area contributed by atoms with Crippen LogP contribution in [0.5, 0.6) is 0 Å². The molecule has 0 aromatic heterocycles. The normalized spacial score (nSPS) is 27.7. The highest BCUT2D eigenvalue weighted by Crippen LogP contribution is 2.72. The van der Waals surface area contributed by atoms with E-state index in [1.807, 2.05) is 0 Å². The van der Waals surface area contributed by atoms with Gasteiger partial charge in [-0.05, 0) is 62.1 Å². The lowest BCUT2D eigenvalue weighted by Gasteiger charge is -2.32. The van der Waals surface area contributed by atoms with Crippen LogP contribution in [0.4, 0.5) is 0 Å². The van der Waals surface area contributed by atoms with Gasteiger partial charge in [0.05, 0.1) is 12.0 Å². The first-order valence-electron chi connectivity index (χ1n) is 10.8. The van der Waals surface area contributed by atoms with Gasteiger partial charge >= 0.3 is 0 Å². The molecule has 2 aliphatic carbocycles. The maximum atomic E-state index is 13.4. The summed E-state index contributed by atoms with van der Waals surface area (Å²) >= 11 is 0. The Bertz CT molecular complexity index is 633. The summed E-state index contributed by atoms with van der Waals surface area (Å²) in [7, 11) is 1.76. The molecule has 1 saturated heterocycles. The zero-order valence-corrected chi connectivity index (χ0v) is 16.7. The van der Waals surface area contributed by atoms with Crippen LogP contribution in [0.25, 0.3) is 0 Å². The Kier molecular flexibility index (Phi) is 5.56. The van der Waals surface area contributed by atoms with Gasteiger partial charge in [-0.2, -0.15) is 0 Å². The predicted molar refractivity (Wildman–Crippen MR) is 108 cm³/mol. The minimum atomic E-state index is -0.260. The standard InChI is InChI=1S/C23H34N2O2/c1-27-16-15-25-13-9-19(10-14-25)17-24-21(26)23(20-7-3-2-4-8-20)18-22(23)11-5-6-12-22/h2-4,7-8,19H,5-6,9-18H2,1H3,(H,24,26). The molecule has 1 aliphatic heterocycles. The van der Waals surface area contributed by atoms with Gasteiger partial charge in [-0.3, -0.25) is 4.79 Å². The van der Waals surface area contributed by atoms with Crippen molar-refractivity contribution in [3.63, 3.8) is 0 Å². The molecule has 0 radical (unpaired) electrons. The van der Waals surface area contributed by atoms with Crippen LogP contribution in [-0.4, -0.2) is 50.7 Å². The summed E-state index contributed by atoms with van der Waals surface area (Å²) in [5.41, 5.74) is 1.21. The van der Waals surface area contributed by atoms with E-state index in [1.54, 1.807) is 7.11 Å². The van der Waals surface area contributed by atoms with Gasteiger partial charge in [-0.1, -0.05) is 43.2 Å². The first-order chi connectivity index (χ1) is 13.2. The molecule has 148 valence electrons. The lowest BCUT2D eigenvalue weighted by Crippen LogP contribution is -2.43. The Balaban J connectivity index is 1.36. The van der Waals surface area contributed by atoms with Crippen molar-refractivity contribution < 1.29 is 9.53 Å². The molecule has 4 nitrogen and oxygen atoms in total. The number of carbonyl (C=O) groups excluding carboxylic acids is 1. The molecule has 1 N–H and O–H groups in total. The molecule has 1 heterocycles. The molecule has 4 heteroatoms. The van der Waals surface area contributed by atoms with Gasteiger partial charge in [0.1, 0.15) is 0 Å². The summed E-state index contributed by atoms with van der Waals surface area (Å²) in [5, 5.41) is 3.38. The van der Waals surface area contributed by atoms with Gasteiger partial charge in [0.15, 0.2) is 0 Å². The molecule has 3 aliphatic rings. The topological polar surface area (TPSA) is 41.6 Å². The molecule has 1 aromatic rings. The molecule has 1 aromatic carbocycles. The van der Waals surface area contributed by atoms with E-state index in [1.165, 1.54) is 44.1 Å². The highest BCUT2D eigenvalue weighted by atomic mass is 16.5. The Morgan fingerprint density at radius 1 is 1.19 bits per heavy atom. The molecular weight excluding hydrogens is 336 g/mol. The maximum absolute atomic E-state index is 13.4. The number of carbonyl (C=O) groups is 1. The van der Waals surface area contributed by atoms with Crippen LogP contribution in [-0.2, 0) is 14.9 Å². The van der Waals surface area contributed by atoms with Gasteiger partial charge in [0.2, 0.25) is 5.91 Å². The van der Waals surface area contributed by atoms with Crippen molar-refractivity contribution in [1.82, 2.24) is 10.2 Å². The predicted octanol–water partition coefficient (Wildman–Crippen LogP) is 3.36. The van der Waals surface area contributed by atoms with Crippen molar-refractivity contribution in [2.45, 2.75) is 50.4 Å². The fourth-order valence-corrected chi connectivity index (χ4v) is 5.72. The summed E-state index contributed by atoms with van der Waals surface area (Å²) < 4.78 is 5.18. The Morgan fingerprint density at radius 3 is 2.56 bits per heavy atom. The Morgan fingerprint density at radius 2 is 1.89 bits per heavy atom. The first kappa shape index (κ1) is 18.9. The minimum Gasteiger partial charge on any atom is -0.383 e. The number of methoxy groups -OCH3 is 1. The van der Waals surface area contributed by atoms with Crippen molar-refractivity contribution in [3.8, 4) is 0 Å². The number of hydrogen-bond donors (Lipinski definition) is 1. The summed E-state index contributed by atoms with van der Waals surface area (Å²) in [6, 6.07) is 10.6. The molecule has 1 amide bonds. The highest BCUT2D eigenvalue weighted by Gasteiger charge is 2.72. The maximum Gasteiger partial charge on any atom is 0.231 e. The van der Waals surface area contributed by atoms with Crippen LogP contribution in [0.2, 0.25) is 0 Å². The average molecular weight is 371 g/mol. The summed E-state index contributed by atoms with van der Waals surface area (Å²) in [5.74, 6) is 0.899. The number of nitrogens with one attached hydrogen (secondary N) is 1. The molecular formula is C23H34N2O2. The highest BCUT2D eigenvalue weighted by molar-refractivity contribution is 5.93. The average Bonchev–Trinajstić information content (AvgIpc) is 3.13. The first-order valence-corrected chi connectivity index (χ1v) is 10.8.